The highest BCUT2D eigenvalue weighted by Gasteiger charge is 2.31. The fourth-order valence-electron chi connectivity index (χ4n) is 3.96. The Bertz CT molecular complexity index is 1680. The third kappa shape index (κ3) is 6.32. The van der Waals surface area contributed by atoms with Crippen molar-refractivity contribution in [1.82, 2.24) is 20.2 Å². The number of hydrogen-bond acceptors (Lipinski definition) is 8. The van der Waals surface area contributed by atoms with E-state index < -0.39 is 28.4 Å². The zero-order valence-electron chi connectivity index (χ0n) is 21.5. The number of fused-ring (bicyclic) bond motifs is 1. The fraction of sp³-hybridized carbons (Fsp3) is 0.292. The van der Waals surface area contributed by atoms with E-state index in [1.807, 2.05) is 22.6 Å². The van der Waals surface area contributed by atoms with Crippen molar-refractivity contribution in [1.29, 1.82) is 0 Å². The van der Waals surface area contributed by atoms with Crippen molar-refractivity contribution in [2.75, 3.05) is 37.1 Å². The minimum atomic E-state index is -4.60. The number of nitrogens with zero attached hydrogens (tertiary/aromatic N) is 4. The molecule has 0 saturated carbocycles. The van der Waals surface area contributed by atoms with Gasteiger partial charge in [-0.1, -0.05) is 0 Å². The van der Waals surface area contributed by atoms with Gasteiger partial charge in [-0.3, -0.25) is 9.40 Å². The molecule has 2 aromatic heterocycles. The van der Waals surface area contributed by atoms with E-state index >= 15 is 0 Å². The molecule has 16 heteroatoms. The minimum absolute atomic E-state index is 0.0333. The van der Waals surface area contributed by atoms with Crippen molar-refractivity contribution >= 4 is 55.2 Å². The summed E-state index contributed by atoms with van der Waals surface area (Å²) < 4.78 is 91.1. The zero-order chi connectivity index (χ0) is 29.4. The number of anilines is 2. The van der Waals surface area contributed by atoms with Gasteiger partial charge in [0.15, 0.2) is 23.0 Å². The standard InChI is InChI=1S/C24H23F4IN6O4S/c1-35(40(4,36)37)17-6-5-14(38-2)7-13(17)11-30-22-19-20(29)33-34-23(19)32-21(31-22)15-9-16(25)18(39-3)8-12(15)10-24(26,27)28/h5-9H,10-11H2,1-4H3,(H2,30,31,32,33,34). The third-order valence-electron chi connectivity index (χ3n) is 5.95. The normalized spacial score (nSPS) is 12.0. The molecule has 0 aliphatic heterocycles. The van der Waals surface area contributed by atoms with E-state index in [2.05, 4.69) is 25.5 Å². The summed E-state index contributed by atoms with van der Waals surface area (Å²) in [5.41, 5.74) is 0.629. The van der Waals surface area contributed by atoms with Gasteiger partial charge in [0, 0.05) is 19.2 Å². The van der Waals surface area contributed by atoms with Crippen molar-refractivity contribution in [3.05, 3.63) is 51.0 Å². The lowest BCUT2D eigenvalue weighted by molar-refractivity contribution is -0.127. The Morgan fingerprint density at radius 3 is 2.45 bits per heavy atom. The number of H-pyrrole nitrogens is 1. The maximum atomic E-state index is 14.7. The van der Waals surface area contributed by atoms with Gasteiger partial charge in [0.25, 0.3) is 0 Å². The van der Waals surface area contributed by atoms with Gasteiger partial charge in [0.2, 0.25) is 10.0 Å². The topological polar surface area (TPSA) is 122 Å². The minimum Gasteiger partial charge on any atom is -0.497 e. The molecule has 0 saturated heterocycles. The number of hydrogen-bond donors (Lipinski definition) is 2. The average molecular weight is 694 g/mol. The molecule has 0 spiro atoms. The first kappa shape index (κ1) is 29.6. The summed E-state index contributed by atoms with van der Waals surface area (Å²) in [6, 6.07) is 6.71. The first-order valence-electron chi connectivity index (χ1n) is 11.4. The van der Waals surface area contributed by atoms with Crippen LogP contribution < -0.4 is 19.1 Å². The van der Waals surface area contributed by atoms with Crippen LogP contribution in [0.2, 0.25) is 0 Å². The molecule has 214 valence electrons. The number of aromatic nitrogens is 4. The van der Waals surface area contributed by atoms with Gasteiger partial charge in [-0.15, -0.1) is 0 Å². The van der Waals surface area contributed by atoms with Crippen LogP contribution in [-0.4, -0.2) is 62.3 Å². The molecule has 0 bridgehead atoms. The predicted molar refractivity (Wildman–Crippen MR) is 150 cm³/mol. The van der Waals surface area contributed by atoms with Crippen LogP contribution >= 0.6 is 22.6 Å². The van der Waals surface area contributed by atoms with Crippen LogP contribution in [0.5, 0.6) is 11.5 Å². The van der Waals surface area contributed by atoms with E-state index in [-0.39, 0.29) is 40.7 Å². The van der Waals surface area contributed by atoms with E-state index in [1.165, 1.54) is 14.2 Å². The van der Waals surface area contributed by atoms with Gasteiger partial charge >= 0.3 is 6.18 Å². The Morgan fingerprint density at radius 1 is 1.10 bits per heavy atom. The monoisotopic (exact) mass is 694 g/mol. The van der Waals surface area contributed by atoms with Crippen molar-refractivity contribution in [3.63, 3.8) is 0 Å². The second-order valence-electron chi connectivity index (χ2n) is 8.65. The highest BCUT2D eigenvalue weighted by Crippen LogP contribution is 2.35. The molecule has 2 aromatic carbocycles. The number of aromatic amines is 1. The van der Waals surface area contributed by atoms with E-state index in [4.69, 9.17) is 9.47 Å². The molecule has 0 aliphatic rings. The summed E-state index contributed by atoms with van der Waals surface area (Å²) in [5, 5.41) is 10.4. The Balaban J connectivity index is 1.83. The number of alkyl halides is 3. The Hall–Kier alpha value is -3.41. The molecule has 0 amide bonds. The lowest BCUT2D eigenvalue weighted by Gasteiger charge is -2.21. The maximum absolute atomic E-state index is 14.7. The molecule has 40 heavy (non-hydrogen) atoms. The smallest absolute Gasteiger partial charge is 0.393 e. The second-order valence-corrected chi connectivity index (χ2v) is 11.7. The molecule has 0 unspecified atom stereocenters. The van der Waals surface area contributed by atoms with Gasteiger partial charge in [-0.2, -0.15) is 18.3 Å². The Labute approximate surface area is 240 Å². The molecule has 0 aliphatic carbocycles. The molecule has 2 N–H and O–H groups in total. The number of halogens is 5. The highest BCUT2D eigenvalue weighted by atomic mass is 127. The zero-order valence-corrected chi connectivity index (χ0v) is 24.5. The van der Waals surface area contributed by atoms with Crippen LogP contribution in [0.25, 0.3) is 22.4 Å². The average Bonchev–Trinajstić information content (AvgIpc) is 3.26. The summed E-state index contributed by atoms with van der Waals surface area (Å²) in [6.07, 6.45) is -4.90. The molecule has 4 rings (SSSR count). The molecule has 0 fully saturated rings. The third-order valence-corrected chi connectivity index (χ3v) is 7.93. The largest absolute Gasteiger partial charge is 0.497 e. The molecular weight excluding hydrogens is 671 g/mol. The molecular formula is C24H23F4IN6O4S. The summed E-state index contributed by atoms with van der Waals surface area (Å²) >= 11 is 1.94. The van der Waals surface area contributed by atoms with Crippen LogP contribution in [0.15, 0.2) is 30.3 Å². The first-order valence-corrected chi connectivity index (χ1v) is 14.3. The Morgan fingerprint density at radius 2 is 1.82 bits per heavy atom. The predicted octanol–water partition coefficient (Wildman–Crippen LogP) is 4.89. The van der Waals surface area contributed by atoms with Gasteiger partial charge < -0.3 is 14.8 Å². The number of nitrogens with one attached hydrogen (secondary N) is 2. The number of benzene rings is 2. The van der Waals surface area contributed by atoms with Crippen LogP contribution in [0.1, 0.15) is 11.1 Å². The van der Waals surface area contributed by atoms with Crippen molar-refractivity contribution in [3.8, 4) is 22.9 Å². The number of sulfonamides is 1. The number of methoxy groups -OCH3 is 2. The van der Waals surface area contributed by atoms with Crippen molar-refractivity contribution in [2.24, 2.45) is 0 Å². The molecule has 2 heterocycles. The molecule has 10 nitrogen and oxygen atoms in total. The van der Waals surface area contributed by atoms with Crippen LogP contribution in [0.4, 0.5) is 29.1 Å². The van der Waals surface area contributed by atoms with Crippen molar-refractivity contribution in [2.45, 2.75) is 19.1 Å². The van der Waals surface area contributed by atoms with Crippen LogP contribution in [-0.2, 0) is 23.0 Å². The Kier molecular flexibility index (Phi) is 8.30. The van der Waals surface area contributed by atoms with E-state index in [0.29, 0.717) is 26.1 Å². The van der Waals surface area contributed by atoms with Crippen LogP contribution in [0, 0.1) is 9.52 Å². The first-order chi connectivity index (χ1) is 18.7. The van der Waals surface area contributed by atoms with E-state index in [9.17, 15) is 26.0 Å². The summed E-state index contributed by atoms with van der Waals surface area (Å²) in [5.74, 6) is -0.762. The fourth-order valence-corrected chi connectivity index (χ4v) is 5.13. The molecule has 4 aromatic rings. The van der Waals surface area contributed by atoms with E-state index in [1.54, 1.807) is 18.2 Å². The lowest BCUT2D eigenvalue weighted by Crippen LogP contribution is -2.26. The van der Waals surface area contributed by atoms with E-state index in [0.717, 1.165) is 29.8 Å². The maximum Gasteiger partial charge on any atom is 0.393 e. The SMILES string of the molecule is COc1ccc(N(C)S(C)(=O)=O)c(CNc2nc(-c3cc(F)c(OC)cc3CC(F)(F)F)nc3[nH]nc(I)c23)c1. The summed E-state index contributed by atoms with van der Waals surface area (Å²) in [7, 11) is 0.422. The van der Waals surface area contributed by atoms with Crippen molar-refractivity contribution < 1.29 is 35.5 Å². The summed E-state index contributed by atoms with van der Waals surface area (Å²) in [4.78, 5) is 8.77. The number of ether oxygens (including phenoxy) is 2. The number of rotatable bonds is 9. The summed E-state index contributed by atoms with van der Waals surface area (Å²) in [6.45, 7) is 0.0333. The van der Waals surface area contributed by atoms with Gasteiger partial charge in [-0.25, -0.2) is 22.8 Å². The van der Waals surface area contributed by atoms with Crippen LogP contribution in [0.3, 0.4) is 0 Å². The van der Waals surface area contributed by atoms with Gasteiger partial charge in [-0.05, 0) is 64.0 Å². The molecule has 0 radical (unpaired) electrons. The molecule has 0 atom stereocenters. The lowest BCUT2D eigenvalue weighted by atomic mass is 10.0. The van der Waals surface area contributed by atoms with Gasteiger partial charge in [0.05, 0.1) is 38.0 Å². The van der Waals surface area contributed by atoms with Gasteiger partial charge in [0.1, 0.15) is 15.3 Å². The quantitative estimate of drug-likeness (QED) is 0.188. The highest BCUT2D eigenvalue weighted by molar-refractivity contribution is 14.1. The second kappa shape index (κ2) is 11.2.